The van der Waals surface area contributed by atoms with Gasteiger partial charge in [0.1, 0.15) is 0 Å². The molecule has 0 fully saturated rings. The highest BCUT2D eigenvalue weighted by Crippen LogP contribution is 2.11. The maximum Gasteiger partial charge on any atom is 0.308 e. The lowest BCUT2D eigenvalue weighted by Crippen LogP contribution is -2.34. The van der Waals surface area contributed by atoms with E-state index in [1.807, 2.05) is 0 Å². The van der Waals surface area contributed by atoms with Crippen LogP contribution in [-0.2, 0) is 21.2 Å². The highest BCUT2D eigenvalue weighted by Gasteiger charge is 2.22. The molecule has 0 radical (unpaired) electrons. The Labute approximate surface area is 128 Å². The van der Waals surface area contributed by atoms with Crippen LogP contribution in [0.5, 0.6) is 0 Å². The van der Waals surface area contributed by atoms with E-state index in [2.05, 4.69) is 9.71 Å². The Bertz CT molecular complexity index is 718. The summed E-state index contributed by atoms with van der Waals surface area (Å²) < 4.78 is 26.5. The van der Waals surface area contributed by atoms with E-state index >= 15 is 0 Å². The predicted molar refractivity (Wildman–Crippen MR) is 80.7 cm³/mol. The summed E-state index contributed by atoms with van der Waals surface area (Å²) in [6.45, 7) is -0.179. The number of sulfonamides is 1. The first kappa shape index (κ1) is 16.1. The van der Waals surface area contributed by atoms with Crippen LogP contribution in [0.1, 0.15) is 5.56 Å². The number of nitrogens with one attached hydrogen (secondary N) is 1. The molecule has 22 heavy (non-hydrogen) atoms. The van der Waals surface area contributed by atoms with Crippen LogP contribution in [0.4, 0.5) is 0 Å². The van der Waals surface area contributed by atoms with Gasteiger partial charge in [-0.15, -0.1) is 0 Å². The van der Waals surface area contributed by atoms with Gasteiger partial charge in [-0.2, -0.15) is 0 Å². The van der Waals surface area contributed by atoms with Crippen LogP contribution in [-0.4, -0.2) is 31.0 Å². The van der Waals surface area contributed by atoms with Crippen LogP contribution in [0, 0.1) is 5.92 Å². The molecule has 1 unspecified atom stereocenters. The lowest BCUT2D eigenvalue weighted by atomic mass is 10.0. The first-order valence-corrected chi connectivity index (χ1v) is 8.14. The third-order valence-corrected chi connectivity index (χ3v) is 4.57. The Balaban J connectivity index is 2.05. The number of hydrogen-bond donors (Lipinski definition) is 2. The largest absolute Gasteiger partial charge is 0.481 e. The molecule has 0 amide bonds. The molecular formula is C15H16N2O4S. The molecule has 6 nitrogen and oxygen atoms in total. The Morgan fingerprint density at radius 1 is 1.18 bits per heavy atom. The fourth-order valence-corrected chi connectivity index (χ4v) is 3.05. The van der Waals surface area contributed by atoms with Gasteiger partial charge in [-0.1, -0.05) is 24.3 Å². The average molecular weight is 320 g/mol. The van der Waals surface area contributed by atoms with Crippen molar-refractivity contribution in [2.75, 3.05) is 6.54 Å². The van der Waals surface area contributed by atoms with Gasteiger partial charge in [-0.25, -0.2) is 13.1 Å². The normalized spacial score (nSPS) is 12.7. The van der Waals surface area contributed by atoms with Crippen molar-refractivity contribution in [2.24, 2.45) is 5.92 Å². The second-order valence-corrected chi connectivity index (χ2v) is 6.53. The number of hydrogen-bond acceptors (Lipinski definition) is 4. The zero-order chi connectivity index (χ0) is 16.0. The summed E-state index contributed by atoms with van der Waals surface area (Å²) >= 11 is 0. The topological polar surface area (TPSA) is 96.4 Å². The van der Waals surface area contributed by atoms with Gasteiger partial charge >= 0.3 is 5.97 Å². The number of aromatic nitrogens is 1. The molecule has 0 bridgehead atoms. The molecule has 1 atom stereocenters. The minimum absolute atomic E-state index is 0.112. The van der Waals surface area contributed by atoms with Crippen LogP contribution in [0.2, 0.25) is 0 Å². The highest BCUT2D eigenvalue weighted by molar-refractivity contribution is 7.89. The Hall–Kier alpha value is -2.25. The fraction of sp³-hybridized carbons (Fsp3) is 0.200. The Morgan fingerprint density at radius 3 is 2.50 bits per heavy atom. The van der Waals surface area contributed by atoms with Gasteiger partial charge in [0.15, 0.2) is 0 Å². The number of carbonyl (C=O) groups is 1. The molecule has 1 aromatic carbocycles. The van der Waals surface area contributed by atoms with Crippen LogP contribution in [0.25, 0.3) is 0 Å². The van der Waals surface area contributed by atoms with Crippen LogP contribution >= 0.6 is 0 Å². The summed E-state index contributed by atoms with van der Waals surface area (Å²) in [5, 5.41) is 9.25. The predicted octanol–water partition coefficient (Wildman–Crippen LogP) is 1.30. The molecule has 0 aliphatic rings. The van der Waals surface area contributed by atoms with Gasteiger partial charge in [-0.05, 0) is 30.2 Å². The maximum atomic E-state index is 12.1. The first-order chi connectivity index (χ1) is 10.5. The molecule has 0 aliphatic carbocycles. The molecule has 2 N–H and O–H groups in total. The van der Waals surface area contributed by atoms with Gasteiger partial charge in [0.2, 0.25) is 10.0 Å². The summed E-state index contributed by atoms with van der Waals surface area (Å²) in [5.74, 6) is -1.91. The number of aliphatic carboxylic acids is 1. The van der Waals surface area contributed by atoms with E-state index in [-0.39, 0.29) is 17.9 Å². The third-order valence-electron chi connectivity index (χ3n) is 3.13. The summed E-state index contributed by atoms with van der Waals surface area (Å²) in [4.78, 5) is 15.3. The average Bonchev–Trinajstić information content (AvgIpc) is 2.53. The molecule has 0 spiro atoms. The van der Waals surface area contributed by atoms with Crippen molar-refractivity contribution in [3.8, 4) is 0 Å². The number of rotatable bonds is 7. The minimum atomic E-state index is -3.71. The standard InChI is InChI=1S/C15H16N2O4S/c18-15(19)13(9-12-5-4-8-16-10-12)11-17-22(20,21)14-6-2-1-3-7-14/h1-8,10,13,17H,9,11H2,(H,18,19). The molecule has 2 rings (SSSR count). The Kier molecular flexibility index (Phi) is 5.24. The molecule has 1 aromatic heterocycles. The van der Waals surface area contributed by atoms with Crippen molar-refractivity contribution in [3.05, 3.63) is 60.4 Å². The van der Waals surface area contributed by atoms with Gasteiger partial charge in [0.25, 0.3) is 0 Å². The van der Waals surface area contributed by atoms with E-state index in [1.165, 1.54) is 12.1 Å². The lowest BCUT2D eigenvalue weighted by Gasteiger charge is -2.13. The SMILES string of the molecule is O=C(O)C(CNS(=O)(=O)c1ccccc1)Cc1cccnc1. The fourth-order valence-electron chi connectivity index (χ4n) is 1.94. The van der Waals surface area contributed by atoms with Gasteiger partial charge in [0.05, 0.1) is 10.8 Å². The number of benzene rings is 1. The highest BCUT2D eigenvalue weighted by atomic mass is 32.2. The van der Waals surface area contributed by atoms with E-state index < -0.39 is 21.9 Å². The quantitative estimate of drug-likeness (QED) is 0.801. The van der Waals surface area contributed by atoms with E-state index in [0.29, 0.717) is 0 Å². The molecule has 1 heterocycles. The van der Waals surface area contributed by atoms with Crippen LogP contribution in [0.3, 0.4) is 0 Å². The first-order valence-electron chi connectivity index (χ1n) is 6.65. The van der Waals surface area contributed by atoms with Crippen molar-refractivity contribution < 1.29 is 18.3 Å². The van der Waals surface area contributed by atoms with Crippen LogP contribution in [0.15, 0.2) is 59.8 Å². The Morgan fingerprint density at radius 2 is 1.91 bits per heavy atom. The van der Waals surface area contributed by atoms with Crippen molar-refractivity contribution in [2.45, 2.75) is 11.3 Å². The second-order valence-electron chi connectivity index (χ2n) is 4.77. The van der Waals surface area contributed by atoms with Crippen molar-refractivity contribution in [1.29, 1.82) is 0 Å². The number of carboxylic acid groups (broad SMARTS) is 1. The van der Waals surface area contributed by atoms with Crippen LogP contribution < -0.4 is 4.72 Å². The molecule has 2 aromatic rings. The van der Waals surface area contributed by atoms with E-state index in [0.717, 1.165) is 5.56 Å². The number of nitrogens with zero attached hydrogens (tertiary/aromatic N) is 1. The number of carboxylic acids is 1. The maximum absolute atomic E-state index is 12.1. The zero-order valence-electron chi connectivity index (χ0n) is 11.7. The molecule has 116 valence electrons. The van der Waals surface area contributed by atoms with Gasteiger partial charge < -0.3 is 5.11 Å². The lowest BCUT2D eigenvalue weighted by molar-refractivity contribution is -0.141. The van der Waals surface area contributed by atoms with Gasteiger partial charge in [0, 0.05) is 18.9 Å². The van der Waals surface area contributed by atoms with Crippen molar-refractivity contribution in [3.63, 3.8) is 0 Å². The summed E-state index contributed by atoms with van der Waals surface area (Å²) in [7, 11) is -3.71. The smallest absolute Gasteiger partial charge is 0.308 e. The minimum Gasteiger partial charge on any atom is -0.481 e. The summed E-state index contributed by atoms with van der Waals surface area (Å²) in [5.41, 5.74) is 0.744. The second kappa shape index (κ2) is 7.15. The van der Waals surface area contributed by atoms with Crippen molar-refractivity contribution >= 4 is 16.0 Å². The van der Waals surface area contributed by atoms with Crippen molar-refractivity contribution in [1.82, 2.24) is 9.71 Å². The number of pyridine rings is 1. The monoisotopic (exact) mass is 320 g/mol. The molecule has 0 saturated carbocycles. The molecular weight excluding hydrogens is 304 g/mol. The molecule has 7 heteroatoms. The summed E-state index contributed by atoms with van der Waals surface area (Å²) in [6.07, 6.45) is 3.37. The zero-order valence-corrected chi connectivity index (χ0v) is 12.5. The van der Waals surface area contributed by atoms with E-state index in [9.17, 15) is 18.3 Å². The summed E-state index contributed by atoms with van der Waals surface area (Å²) in [6, 6.07) is 11.3. The van der Waals surface area contributed by atoms with Gasteiger partial charge in [-0.3, -0.25) is 9.78 Å². The third kappa shape index (κ3) is 4.37. The van der Waals surface area contributed by atoms with E-state index in [1.54, 1.807) is 42.7 Å². The molecule has 0 saturated heterocycles. The van der Waals surface area contributed by atoms with E-state index in [4.69, 9.17) is 0 Å². The molecule has 0 aliphatic heterocycles.